The van der Waals surface area contributed by atoms with Crippen LogP contribution >= 0.6 is 0 Å². The number of tetrazole rings is 1. The normalized spacial score (nSPS) is 14.9. The van der Waals surface area contributed by atoms with Crippen LogP contribution in [0.5, 0.6) is 5.75 Å². The van der Waals surface area contributed by atoms with Gasteiger partial charge in [-0.1, -0.05) is 42.5 Å². The van der Waals surface area contributed by atoms with E-state index in [1.807, 2.05) is 60.1 Å². The summed E-state index contributed by atoms with van der Waals surface area (Å²) in [6, 6.07) is 22.1. The minimum Gasteiger partial charge on any atom is -0.497 e. The summed E-state index contributed by atoms with van der Waals surface area (Å²) in [4.78, 5) is 21.6. The second-order valence-corrected chi connectivity index (χ2v) is 10.9. The molecule has 0 saturated carbocycles. The molecule has 0 unspecified atom stereocenters. The maximum atomic E-state index is 13.7. The Bertz CT molecular complexity index is 1730. The Morgan fingerprint density at radius 1 is 0.927 bits per heavy atom. The van der Waals surface area contributed by atoms with Gasteiger partial charge in [-0.15, -0.1) is 5.10 Å². The van der Waals surface area contributed by atoms with Crippen molar-refractivity contribution in [2.45, 2.75) is 33.4 Å². The number of ether oxygens (including phenoxy) is 1. The number of pyridine rings is 1. The third kappa shape index (κ3) is 5.32. The van der Waals surface area contributed by atoms with Gasteiger partial charge in [-0.2, -0.15) is 0 Å². The Kier molecular flexibility index (Phi) is 7.28. The number of aromatic amines is 1. The molecule has 3 aromatic carbocycles. The van der Waals surface area contributed by atoms with E-state index in [2.05, 4.69) is 62.4 Å². The molecule has 1 N–H and O–H groups in total. The quantitative estimate of drug-likeness (QED) is 0.322. The molecule has 0 amide bonds. The lowest BCUT2D eigenvalue weighted by Gasteiger charge is -2.40. The Balaban J connectivity index is 1.38. The van der Waals surface area contributed by atoms with Crippen LogP contribution < -0.4 is 15.2 Å². The molecule has 1 atom stereocenters. The largest absolute Gasteiger partial charge is 0.497 e. The first kappa shape index (κ1) is 26.7. The van der Waals surface area contributed by atoms with Gasteiger partial charge in [0.1, 0.15) is 11.8 Å². The molecule has 1 aliphatic rings. The summed E-state index contributed by atoms with van der Waals surface area (Å²) in [5.41, 5.74) is 7.26. The predicted molar refractivity (Wildman–Crippen MR) is 161 cm³/mol. The van der Waals surface area contributed by atoms with Crippen LogP contribution in [0.15, 0.2) is 71.5 Å². The van der Waals surface area contributed by atoms with E-state index in [0.29, 0.717) is 17.9 Å². The third-order valence-electron chi connectivity index (χ3n) is 8.09. The fourth-order valence-corrected chi connectivity index (χ4v) is 5.81. The van der Waals surface area contributed by atoms with Crippen molar-refractivity contribution in [2.24, 2.45) is 0 Å². The number of aryl methyl sites for hydroxylation is 3. The van der Waals surface area contributed by atoms with E-state index >= 15 is 0 Å². The van der Waals surface area contributed by atoms with Crippen LogP contribution in [0.2, 0.25) is 0 Å². The highest BCUT2D eigenvalue weighted by atomic mass is 16.5. The number of benzene rings is 3. The van der Waals surface area contributed by atoms with E-state index < -0.39 is 6.04 Å². The number of methoxy groups -OCH3 is 1. The average Bonchev–Trinajstić information content (AvgIpc) is 3.43. The summed E-state index contributed by atoms with van der Waals surface area (Å²) in [7, 11) is 1.65. The Morgan fingerprint density at radius 3 is 2.46 bits per heavy atom. The molecule has 6 rings (SSSR count). The second kappa shape index (κ2) is 11.2. The highest BCUT2D eigenvalue weighted by Crippen LogP contribution is 2.30. The summed E-state index contributed by atoms with van der Waals surface area (Å²) in [6.45, 7) is 9.99. The number of fused-ring (bicyclic) bond motifs is 1. The molecule has 0 bridgehead atoms. The molecular weight excluding hydrogens is 514 g/mol. The van der Waals surface area contributed by atoms with Crippen LogP contribution in [0.3, 0.4) is 0 Å². The van der Waals surface area contributed by atoms with Gasteiger partial charge in [0.25, 0.3) is 5.56 Å². The Morgan fingerprint density at radius 2 is 1.71 bits per heavy atom. The van der Waals surface area contributed by atoms with Crippen LogP contribution in [0.25, 0.3) is 10.9 Å². The first-order chi connectivity index (χ1) is 19.9. The summed E-state index contributed by atoms with van der Waals surface area (Å²) in [5, 5.41) is 13.9. The summed E-state index contributed by atoms with van der Waals surface area (Å²) < 4.78 is 7.13. The number of rotatable bonds is 7. The van der Waals surface area contributed by atoms with Crippen molar-refractivity contribution in [3.63, 3.8) is 0 Å². The highest BCUT2D eigenvalue weighted by molar-refractivity contribution is 5.82. The molecule has 0 spiro atoms. The zero-order valence-electron chi connectivity index (χ0n) is 24.0. The van der Waals surface area contributed by atoms with Crippen molar-refractivity contribution in [1.29, 1.82) is 0 Å². The number of H-pyrrole nitrogens is 1. The van der Waals surface area contributed by atoms with Crippen LogP contribution in [-0.2, 0) is 6.54 Å². The molecule has 0 aliphatic carbocycles. The van der Waals surface area contributed by atoms with Crippen LogP contribution in [-0.4, -0.2) is 63.4 Å². The molecule has 3 heterocycles. The van der Waals surface area contributed by atoms with Gasteiger partial charge in [0.15, 0.2) is 5.82 Å². The maximum absolute atomic E-state index is 13.7. The minimum atomic E-state index is -0.405. The van der Waals surface area contributed by atoms with E-state index in [0.717, 1.165) is 54.0 Å². The number of nitrogens with one attached hydrogen (secondary N) is 1. The van der Waals surface area contributed by atoms with Crippen molar-refractivity contribution in [3.8, 4) is 5.75 Å². The lowest BCUT2D eigenvalue weighted by Crippen LogP contribution is -2.49. The average molecular weight is 550 g/mol. The molecule has 41 heavy (non-hydrogen) atoms. The number of aromatic nitrogens is 5. The Labute approximate surface area is 239 Å². The number of hydrogen-bond donors (Lipinski definition) is 1. The van der Waals surface area contributed by atoms with Crippen LogP contribution in [0, 0.1) is 20.8 Å². The first-order valence-corrected chi connectivity index (χ1v) is 14.0. The molecule has 0 radical (unpaired) electrons. The summed E-state index contributed by atoms with van der Waals surface area (Å²) >= 11 is 0. The molecule has 2 aromatic heterocycles. The molecule has 5 aromatic rings. The van der Waals surface area contributed by atoms with Gasteiger partial charge >= 0.3 is 0 Å². The standard InChI is InChI=1S/C32H35N7O2/c1-21-8-9-22(2)28(18-21)37-14-16-38(17-15-37)30(27-19-25-7-5-6-23(3)29(25)33-32(27)40)31-34-35-36-39(31)20-24-10-12-26(41-4)13-11-24/h5-13,18-19,30H,14-17,20H2,1-4H3,(H,33,40)/t30-/m1/s1. The fourth-order valence-electron chi connectivity index (χ4n) is 5.81. The number of piperazine rings is 1. The van der Waals surface area contributed by atoms with Gasteiger partial charge in [0, 0.05) is 37.4 Å². The van der Waals surface area contributed by atoms with Crippen LogP contribution in [0.1, 0.15) is 39.7 Å². The van der Waals surface area contributed by atoms with E-state index in [1.54, 1.807) is 7.11 Å². The van der Waals surface area contributed by atoms with Crippen molar-refractivity contribution >= 4 is 16.6 Å². The zero-order chi connectivity index (χ0) is 28.5. The zero-order valence-corrected chi connectivity index (χ0v) is 24.0. The monoisotopic (exact) mass is 549 g/mol. The van der Waals surface area contributed by atoms with Crippen molar-refractivity contribution in [1.82, 2.24) is 30.1 Å². The fraction of sp³-hybridized carbons (Fsp3) is 0.312. The molecule has 1 aliphatic heterocycles. The molecule has 210 valence electrons. The topological polar surface area (TPSA) is 92.2 Å². The molecule has 1 saturated heterocycles. The minimum absolute atomic E-state index is 0.118. The smallest absolute Gasteiger partial charge is 0.253 e. The lowest BCUT2D eigenvalue weighted by atomic mass is 10.0. The van der Waals surface area contributed by atoms with Gasteiger partial charge in [-0.05, 0) is 83.1 Å². The van der Waals surface area contributed by atoms with Gasteiger partial charge < -0.3 is 14.6 Å². The molecule has 1 fully saturated rings. The number of hydrogen-bond acceptors (Lipinski definition) is 7. The maximum Gasteiger partial charge on any atom is 0.253 e. The summed E-state index contributed by atoms with van der Waals surface area (Å²) in [5.74, 6) is 1.45. The number of para-hydroxylation sites is 1. The van der Waals surface area contributed by atoms with Crippen molar-refractivity contribution < 1.29 is 4.74 Å². The van der Waals surface area contributed by atoms with Crippen molar-refractivity contribution in [2.75, 3.05) is 38.2 Å². The molecular formula is C32H35N7O2. The van der Waals surface area contributed by atoms with Crippen molar-refractivity contribution in [3.05, 3.63) is 111 Å². The number of nitrogens with zero attached hydrogens (tertiary/aromatic N) is 6. The summed E-state index contributed by atoms with van der Waals surface area (Å²) in [6.07, 6.45) is 0. The van der Waals surface area contributed by atoms with Gasteiger partial charge in [-0.3, -0.25) is 9.69 Å². The number of anilines is 1. The Hall–Kier alpha value is -4.50. The van der Waals surface area contributed by atoms with Gasteiger partial charge in [-0.25, -0.2) is 4.68 Å². The second-order valence-electron chi connectivity index (χ2n) is 10.9. The van der Waals surface area contributed by atoms with Gasteiger partial charge in [0.2, 0.25) is 0 Å². The van der Waals surface area contributed by atoms with Gasteiger partial charge in [0.05, 0.1) is 19.2 Å². The highest BCUT2D eigenvalue weighted by Gasteiger charge is 2.33. The SMILES string of the molecule is COc1ccc(Cn2nnnc2[C@@H](c2cc3cccc(C)c3[nH]c2=O)N2CCN(c3cc(C)ccc3C)CC2)cc1. The van der Waals surface area contributed by atoms with E-state index in [9.17, 15) is 4.79 Å². The first-order valence-electron chi connectivity index (χ1n) is 14.0. The third-order valence-corrected chi connectivity index (χ3v) is 8.09. The van der Waals surface area contributed by atoms with Crippen LogP contribution in [0.4, 0.5) is 5.69 Å². The molecule has 9 heteroatoms. The van der Waals surface area contributed by atoms with E-state index in [1.165, 1.54) is 16.8 Å². The molecule has 9 nitrogen and oxygen atoms in total. The van der Waals surface area contributed by atoms with E-state index in [-0.39, 0.29) is 5.56 Å². The lowest BCUT2D eigenvalue weighted by molar-refractivity contribution is 0.200. The predicted octanol–water partition coefficient (Wildman–Crippen LogP) is 4.41. The van der Waals surface area contributed by atoms with E-state index in [4.69, 9.17) is 4.74 Å².